The van der Waals surface area contributed by atoms with E-state index < -0.39 is 0 Å². The molecule has 4 rings (SSSR count). The Labute approximate surface area is 139 Å². The lowest BCUT2D eigenvalue weighted by Gasteiger charge is -2.34. The number of benzene rings is 2. The van der Waals surface area contributed by atoms with Gasteiger partial charge in [0.15, 0.2) is 0 Å². The first-order chi connectivity index (χ1) is 11.8. The van der Waals surface area contributed by atoms with Crippen LogP contribution in [0.15, 0.2) is 67.0 Å². The smallest absolute Gasteiger partial charge is 0.410 e. The molecule has 2 heterocycles. The van der Waals surface area contributed by atoms with E-state index in [4.69, 9.17) is 4.74 Å². The molecule has 1 aromatic heterocycles. The molecule has 1 amide bonds. The van der Waals surface area contributed by atoms with Gasteiger partial charge < -0.3 is 9.72 Å². The predicted octanol–water partition coefficient (Wildman–Crippen LogP) is 3.56. The van der Waals surface area contributed by atoms with E-state index in [0.717, 1.165) is 23.4 Å². The van der Waals surface area contributed by atoms with Crippen LogP contribution in [0, 0.1) is 0 Å². The summed E-state index contributed by atoms with van der Waals surface area (Å²) in [6.07, 6.45) is 2.07. The fourth-order valence-corrected chi connectivity index (χ4v) is 3.09. The summed E-state index contributed by atoms with van der Waals surface area (Å²) in [7, 11) is 0. The molecule has 0 fully saturated rings. The Morgan fingerprint density at radius 3 is 2.54 bits per heavy atom. The molecule has 0 saturated heterocycles. The van der Waals surface area contributed by atoms with Crippen molar-refractivity contribution in [3.8, 4) is 5.75 Å². The lowest BCUT2D eigenvalue weighted by atomic mass is 9.96. The summed E-state index contributed by atoms with van der Waals surface area (Å²) in [5.41, 5.74) is 2.99. The number of fused-ring (bicyclic) bond motifs is 1. The predicted molar refractivity (Wildman–Crippen MR) is 89.7 cm³/mol. The Morgan fingerprint density at radius 2 is 1.79 bits per heavy atom. The molecule has 0 aliphatic carbocycles. The summed E-state index contributed by atoms with van der Waals surface area (Å²) in [6, 6.07) is 18.8. The van der Waals surface area contributed by atoms with E-state index in [2.05, 4.69) is 9.97 Å². The molecule has 0 radical (unpaired) electrons. The van der Waals surface area contributed by atoms with Crippen molar-refractivity contribution in [1.82, 2.24) is 14.9 Å². The largest absolute Gasteiger partial charge is 0.416 e. The molecule has 0 saturated carbocycles. The number of nitrogens with one attached hydrogen (secondary N) is 1. The highest BCUT2D eigenvalue weighted by Crippen LogP contribution is 2.33. The normalized spacial score (nSPS) is 16.5. The Hall–Kier alpha value is -3.08. The molecule has 1 aliphatic rings. The summed E-state index contributed by atoms with van der Waals surface area (Å²) in [5, 5.41) is 0. The van der Waals surface area contributed by atoms with Crippen molar-refractivity contribution in [3.05, 3.63) is 83.9 Å². The number of hydrogen-bond acceptors (Lipinski definition) is 3. The number of ether oxygens (including phenoxy) is 1. The minimum absolute atomic E-state index is 0.239. The quantitative estimate of drug-likeness (QED) is 0.786. The SMILES string of the molecule is O=C(Oc1ccccc1)N1CCc2[nH]cnc2C1c1ccccc1. The van der Waals surface area contributed by atoms with Crippen molar-refractivity contribution >= 4 is 6.09 Å². The van der Waals surface area contributed by atoms with Gasteiger partial charge in [-0.25, -0.2) is 9.78 Å². The summed E-state index contributed by atoms with van der Waals surface area (Å²) < 4.78 is 5.55. The third-order valence-corrected chi connectivity index (χ3v) is 4.22. The number of hydrogen-bond donors (Lipinski definition) is 1. The van der Waals surface area contributed by atoms with Crippen LogP contribution in [0.25, 0.3) is 0 Å². The minimum atomic E-state index is -0.358. The maximum Gasteiger partial charge on any atom is 0.416 e. The molecule has 5 nitrogen and oxygen atoms in total. The Balaban J connectivity index is 1.67. The number of imidazole rings is 1. The fourth-order valence-electron chi connectivity index (χ4n) is 3.09. The highest BCUT2D eigenvalue weighted by Gasteiger charge is 2.35. The van der Waals surface area contributed by atoms with Gasteiger partial charge in [0.2, 0.25) is 0 Å². The van der Waals surface area contributed by atoms with Gasteiger partial charge in [0, 0.05) is 18.7 Å². The third kappa shape index (κ3) is 2.65. The van der Waals surface area contributed by atoms with Gasteiger partial charge in [-0.05, 0) is 17.7 Å². The average molecular weight is 319 g/mol. The van der Waals surface area contributed by atoms with E-state index >= 15 is 0 Å². The van der Waals surface area contributed by atoms with Crippen molar-refractivity contribution in [1.29, 1.82) is 0 Å². The van der Waals surface area contributed by atoms with Crippen LogP contribution in [0.3, 0.4) is 0 Å². The summed E-state index contributed by atoms with van der Waals surface area (Å²) >= 11 is 0. The van der Waals surface area contributed by atoms with Gasteiger partial charge in [0.1, 0.15) is 11.8 Å². The number of amides is 1. The van der Waals surface area contributed by atoms with Gasteiger partial charge in [0.25, 0.3) is 0 Å². The van der Waals surface area contributed by atoms with Crippen LogP contribution in [0.1, 0.15) is 23.0 Å². The topological polar surface area (TPSA) is 58.2 Å². The molecule has 1 unspecified atom stereocenters. The molecule has 0 bridgehead atoms. The number of rotatable bonds is 2. The first-order valence-electron chi connectivity index (χ1n) is 7.93. The van der Waals surface area contributed by atoms with Crippen molar-refractivity contribution in [2.45, 2.75) is 12.5 Å². The van der Waals surface area contributed by atoms with E-state index in [1.807, 2.05) is 48.5 Å². The van der Waals surface area contributed by atoms with Crippen LogP contribution in [-0.4, -0.2) is 27.5 Å². The van der Waals surface area contributed by atoms with E-state index in [9.17, 15) is 4.79 Å². The molecule has 3 aromatic rings. The van der Waals surface area contributed by atoms with Crippen LogP contribution in [0.5, 0.6) is 5.75 Å². The van der Waals surface area contributed by atoms with Gasteiger partial charge in [-0.15, -0.1) is 0 Å². The van der Waals surface area contributed by atoms with Gasteiger partial charge in [-0.3, -0.25) is 4.90 Å². The standard InChI is InChI=1S/C19H17N3O2/c23-19(24-15-9-5-2-6-10-15)22-12-11-16-17(21-13-20-16)18(22)14-7-3-1-4-8-14/h1-10,13,18H,11-12H2,(H,20,21). The van der Waals surface area contributed by atoms with Crippen molar-refractivity contribution < 1.29 is 9.53 Å². The molecule has 1 N–H and O–H groups in total. The number of para-hydroxylation sites is 1. The lowest BCUT2D eigenvalue weighted by molar-refractivity contribution is 0.135. The number of aromatic amines is 1. The number of H-pyrrole nitrogens is 1. The molecule has 1 aliphatic heterocycles. The Kier molecular flexibility index (Phi) is 3.75. The van der Waals surface area contributed by atoms with Gasteiger partial charge >= 0.3 is 6.09 Å². The molecule has 2 aromatic carbocycles. The zero-order chi connectivity index (χ0) is 16.4. The van der Waals surface area contributed by atoms with Crippen molar-refractivity contribution in [2.75, 3.05) is 6.54 Å². The second-order valence-electron chi connectivity index (χ2n) is 5.70. The molecule has 0 spiro atoms. The number of nitrogens with zero attached hydrogens (tertiary/aromatic N) is 2. The van der Waals surface area contributed by atoms with E-state index in [1.165, 1.54) is 0 Å². The van der Waals surface area contributed by atoms with Crippen molar-refractivity contribution in [2.24, 2.45) is 0 Å². The maximum absolute atomic E-state index is 12.7. The van der Waals surface area contributed by atoms with Crippen LogP contribution in [0.2, 0.25) is 0 Å². The number of carbonyl (C=O) groups is 1. The van der Waals surface area contributed by atoms with Gasteiger partial charge in [-0.1, -0.05) is 48.5 Å². The lowest BCUT2D eigenvalue weighted by Crippen LogP contribution is -2.42. The van der Waals surface area contributed by atoms with E-state index in [0.29, 0.717) is 12.3 Å². The summed E-state index contributed by atoms with van der Waals surface area (Å²) in [5.74, 6) is 0.544. The Bertz CT molecular complexity index is 830. The van der Waals surface area contributed by atoms with Crippen LogP contribution < -0.4 is 4.74 Å². The van der Waals surface area contributed by atoms with Gasteiger partial charge in [-0.2, -0.15) is 0 Å². The summed E-state index contributed by atoms with van der Waals surface area (Å²) in [6.45, 7) is 0.584. The van der Waals surface area contributed by atoms with Crippen LogP contribution >= 0.6 is 0 Å². The monoisotopic (exact) mass is 319 g/mol. The van der Waals surface area contributed by atoms with Gasteiger partial charge in [0.05, 0.1) is 12.0 Å². The molecule has 24 heavy (non-hydrogen) atoms. The van der Waals surface area contributed by atoms with E-state index in [1.54, 1.807) is 23.4 Å². The molecule has 1 atom stereocenters. The molecule has 5 heteroatoms. The summed E-state index contributed by atoms with van der Waals surface area (Å²) in [4.78, 5) is 22.1. The third-order valence-electron chi connectivity index (χ3n) is 4.22. The fraction of sp³-hybridized carbons (Fsp3) is 0.158. The first kappa shape index (κ1) is 14.5. The minimum Gasteiger partial charge on any atom is -0.410 e. The number of carbonyl (C=O) groups excluding carboxylic acids is 1. The second kappa shape index (κ2) is 6.20. The second-order valence-corrected chi connectivity index (χ2v) is 5.70. The Morgan fingerprint density at radius 1 is 1.08 bits per heavy atom. The molecular formula is C19H17N3O2. The zero-order valence-electron chi connectivity index (χ0n) is 13.1. The van der Waals surface area contributed by atoms with Crippen LogP contribution in [0.4, 0.5) is 4.79 Å². The average Bonchev–Trinajstić information content (AvgIpc) is 3.11. The van der Waals surface area contributed by atoms with E-state index in [-0.39, 0.29) is 12.1 Å². The highest BCUT2D eigenvalue weighted by atomic mass is 16.6. The number of aromatic nitrogens is 2. The highest BCUT2D eigenvalue weighted by molar-refractivity contribution is 5.72. The maximum atomic E-state index is 12.7. The van der Waals surface area contributed by atoms with Crippen LogP contribution in [-0.2, 0) is 6.42 Å². The van der Waals surface area contributed by atoms with Crippen molar-refractivity contribution in [3.63, 3.8) is 0 Å². The molecular weight excluding hydrogens is 302 g/mol. The molecule has 120 valence electrons. The zero-order valence-corrected chi connectivity index (χ0v) is 13.1. The first-order valence-corrected chi connectivity index (χ1v) is 7.93.